The summed E-state index contributed by atoms with van der Waals surface area (Å²) in [6, 6.07) is 5.51. The quantitative estimate of drug-likeness (QED) is 0.617. The lowest BCUT2D eigenvalue weighted by Gasteiger charge is -2.04. The van der Waals surface area contributed by atoms with Crippen molar-refractivity contribution in [3.8, 4) is 6.07 Å². The van der Waals surface area contributed by atoms with Crippen molar-refractivity contribution in [1.29, 1.82) is 5.26 Å². The SMILES string of the molecule is N#Cc1ccc(NC(=O)c2ncn[nH]2)c([N+](=O)[O-])c1. The zero-order chi connectivity index (χ0) is 13.8. The molecule has 0 aliphatic carbocycles. The Hall–Kier alpha value is -3.28. The van der Waals surface area contributed by atoms with E-state index in [4.69, 9.17) is 5.26 Å². The number of benzene rings is 1. The van der Waals surface area contributed by atoms with Crippen LogP contribution in [0.3, 0.4) is 0 Å². The monoisotopic (exact) mass is 258 g/mol. The molecule has 2 aromatic rings. The van der Waals surface area contributed by atoms with Gasteiger partial charge in [-0.25, -0.2) is 4.98 Å². The highest BCUT2D eigenvalue weighted by Gasteiger charge is 2.18. The number of carbonyl (C=O) groups is 1. The average Bonchev–Trinajstić information content (AvgIpc) is 2.92. The number of aromatic amines is 1. The van der Waals surface area contributed by atoms with Crippen molar-refractivity contribution in [3.63, 3.8) is 0 Å². The third kappa shape index (κ3) is 2.52. The number of nitro benzene ring substituents is 1. The summed E-state index contributed by atoms with van der Waals surface area (Å²) in [5.74, 6) is -0.732. The number of rotatable bonds is 3. The van der Waals surface area contributed by atoms with E-state index in [0.717, 1.165) is 12.4 Å². The van der Waals surface area contributed by atoms with Crippen molar-refractivity contribution in [2.45, 2.75) is 0 Å². The van der Waals surface area contributed by atoms with E-state index in [1.54, 1.807) is 6.07 Å². The number of nitrogens with zero attached hydrogens (tertiary/aromatic N) is 4. The summed E-state index contributed by atoms with van der Waals surface area (Å²) in [5, 5.41) is 27.7. The van der Waals surface area contributed by atoms with Gasteiger partial charge in [-0.05, 0) is 12.1 Å². The van der Waals surface area contributed by atoms with E-state index in [2.05, 4.69) is 20.5 Å². The molecule has 1 heterocycles. The van der Waals surface area contributed by atoms with Crippen LogP contribution in [0.5, 0.6) is 0 Å². The molecule has 0 aliphatic heterocycles. The zero-order valence-corrected chi connectivity index (χ0v) is 9.32. The van der Waals surface area contributed by atoms with Crippen molar-refractivity contribution < 1.29 is 9.72 Å². The highest BCUT2D eigenvalue weighted by Crippen LogP contribution is 2.25. The van der Waals surface area contributed by atoms with Crippen molar-refractivity contribution in [1.82, 2.24) is 15.2 Å². The summed E-state index contributed by atoms with van der Waals surface area (Å²) >= 11 is 0. The normalized spacial score (nSPS) is 9.63. The summed E-state index contributed by atoms with van der Waals surface area (Å²) in [5.41, 5.74) is -0.262. The van der Waals surface area contributed by atoms with Crippen molar-refractivity contribution in [3.05, 3.63) is 46.0 Å². The molecule has 1 aromatic carbocycles. The van der Waals surface area contributed by atoms with Gasteiger partial charge in [-0.2, -0.15) is 10.4 Å². The summed E-state index contributed by atoms with van der Waals surface area (Å²) in [4.78, 5) is 25.5. The van der Waals surface area contributed by atoms with E-state index in [-0.39, 0.29) is 22.8 Å². The molecule has 0 saturated carbocycles. The lowest BCUT2D eigenvalue weighted by molar-refractivity contribution is -0.383. The Morgan fingerprint density at radius 3 is 2.89 bits per heavy atom. The van der Waals surface area contributed by atoms with Crippen LogP contribution < -0.4 is 5.32 Å². The van der Waals surface area contributed by atoms with Crippen molar-refractivity contribution in [2.24, 2.45) is 0 Å². The summed E-state index contributed by atoms with van der Waals surface area (Å²) in [7, 11) is 0. The minimum absolute atomic E-state index is 0.0228. The van der Waals surface area contributed by atoms with Gasteiger partial charge < -0.3 is 5.32 Å². The molecule has 0 saturated heterocycles. The molecule has 0 fully saturated rings. The molecular weight excluding hydrogens is 252 g/mol. The number of hydrogen-bond acceptors (Lipinski definition) is 6. The smallest absolute Gasteiger partial charge is 0.294 e. The van der Waals surface area contributed by atoms with Gasteiger partial charge in [-0.1, -0.05) is 0 Å². The maximum atomic E-state index is 11.7. The molecule has 0 atom stereocenters. The van der Waals surface area contributed by atoms with E-state index in [1.807, 2.05) is 0 Å². The first-order chi connectivity index (χ1) is 9.11. The van der Waals surface area contributed by atoms with Crippen LogP contribution in [0.25, 0.3) is 0 Å². The van der Waals surface area contributed by atoms with Gasteiger partial charge in [-0.15, -0.1) is 0 Å². The summed E-state index contributed by atoms with van der Waals surface area (Å²) in [6.07, 6.45) is 1.14. The second kappa shape index (κ2) is 4.92. The number of anilines is 1. The van der Waals surface area contributed by atoms with Crippen LogP contribution in [0.4, 0.5) is 11.4 Å². The lowest BCUT2D eigenvalue weighted by atomic mass is 10.2. The van der Waals surface area contributed by atoms with Crippen molar-refractivity contribution >= 4 is 17.3 Å². The predicted octanol–water partition coefficient (Wildman–Crippen LogP) is 0.837. The fourth-order valence-corrected chi connectivity index (χ4v) is 1.35. The Labute approximate surface area is 106 Å². The number of H-pyrrole nitrogens is 1. The van der Waals surface area contributed by atoms with Gasteiger partial charge in [0.1, 0.15) is 12.0 Å². The molecular formula is C10H6N6O3. The number of amides is 1. The number of carbonyl (C=O) groups excluding carboxylic acids is 1. The van der Waals surface area contributed by atoms with E-state index in [0.29, 0.717) is 0 Å². The molecule has 0 unspecified atom stereocenters. The summed E-state index contributed by atoms with van der Waals surface area (Å²) in [6.45, 7) is 0. The molecule has 0 radical (unpaired) electrons. The first-order valence-electron chi connectivity index (χ1n) is 4.97. The van der Waals surface area contributed by atoms with E-state index in [1.165, 1.54) is 12.1 Å². The zero-order valence-electron chi connectivity index (χ0n) is 9.32. The molecule has 9 heteroatoms. The third-order valence-electron chi connectivity index (χ3n) is 2.20. The van der Waals surface area contributed by atoms with Gasteiger partial charge >= 0.3 is 0 Å². The molecule has 94 valence electrons. The highest BCUT2D eigenvalue weighted by atomic mass is 16.6. The van der Waals surface area contributed by atoms with Gasteiger partial charge in [0.25, 0.3) is 11.6 Å². The topological polar surface area (TPSA) is 138 Å². The Bertz CT molecular complexity index is 673. The molecule has 0 bridgehead atoms. The van der Waals surface area contributed by atoms with E-state index >= 15 is 0 Å². The minimum Gasteiger partial charge on any atom is -0.313 e. The maximum absolute atomic E-state index is 11.7. The Morgan fingerprint density at radius 2 is 2.32 bits per heavy atom. The first-order valence-corrected chi connectivity index (χ1v) is 4.97. The third-order valence-corrected chi connectivity index (χ3v) is 2.20. The Kier molecular flexibility index (Phi) is 3.16. The number of nitriles is 1. The van der Waals surface area contributed by atoms with Crippen LogP contribution >= 0.6 is 0 Å². The van der Waals surface area contributed by atoms with Gasteiger partial charge in [0, 0.05) is 6.07 Å². The van der Waals surface area contributed by atoms with Crippen molar-refractivity contribution in [2.75, 3.05) is 5.32 Å². The van der Waals surface area contributed by atoms with Gasteiger partial charge in [-0.3, -0.25) is 20.0 Å². The fourth-order valence-electron chi connectivity index (χ4n) is 1.35. The molecule has 9 nitrogen and oxygen atoms in total. The first kappa shape index (κ1) is 12.2. The predicted molar refractivity (Wildman–Crippen MR) is 62.1 cm³/mol. The van der Waals surface area contributed by atoms with Crippen LogP contribution in [-0.2, 0) is 0 Å². The molecule has 0 aliphatic rings. The van der Waals surface area contributed by atoms with Crippen LogP contribution in [0, 0.1) is 21.4 Å². The van der Waals surface area contributed by atoms with Gasteiger partial charge in [0.2, 0.25) is 5.82 Å². The number of nitro groups is 1. The van der Waals surface area contributed by atoms with Gasteiger partial charge in [0.05, 0.1) is 16.6 Å². The van der Waals surface area contributed by atoms with Crippen LogP contribution in [0.15, 0.2) is 24.5 Å². The van der Waals surface area contributed by atoms with Crippen LogP contribution in [-0.4, -0.2) is 26.0 Å². The lowest BCUT2D eigenvalue weighted by Crippen LogP contribution is -2.14. The summed E-state index contributed by atoms with van der Waals surface area (Å²) < 4.78 is 0. The number of aromatic nitrogens is 3. The molecule has 1 amide bonds. The number of nitrogens with one attached hydrogen (secondary N) is 2. The number of hydrogen-bond donors (Lipinski definition) is 2. The molecule has 0 spiro atoms. The maximum Gasteiger partial charge on any atom is 0.294 e. The van der Waals surface area contributed by atoms with Gasteiger partial charge in [0.15, 0.2) is 0 Å². The standard InChI is InChI=1S/C10H6N6O3/c11-4-6-1-2-7(8(3-6)16(18)19)14-10(17)9-12-5-13-15-9/h1-3,5H,(H,14,17)(H,12,13,15). The Morgan fingerprint density at radius 1 is 1.53 bits per heavy atom. The second-order valence-electron chi connectivity index (χ2n) is 3.39. The van der Waals surface area contributed by atoms with Crippen LogP contribution in [0.2, 0.25) is 0 Å². The molecule has 1 aromatic heterocycles. The highest BCUT2D eigenvalue weighted by molar-refractivity contribution is 6.02. The minimum atomic E-state index is -0.684. The largest absolute Gasteiger partial charge is 0.313 e. The molecule has 2 N–H and O–H groups in total. The Balaban J connectivity index is 2.33. The molecule has 2 rings (SSSR count). The van der Waals surface area contributed by atoms with E-state index in [9.17, 15) is 14.9 Å². The van der Waals surface area contributed by atoms with Crippen LogP contribution in [0.1, 0.15) is 16.2 Å². The second-order valence-corrected chi connectivity index (χ2v) is 3.39. The molecule has 19 heavy (non-hydrogen) atoms. The van der Waals surface area contributed by atoms with E-state index < -0.39 is 10.8 Å². The average molecular weight is 258 g/mol. The fraction of sp³-hybridized carbons (Fsp3) is 0.